The number of rotatable bonds is 5. The van der Waals surface area contributed by atoms with E-state index in [0.29, 0.717) is 5.75 Å². The maximum Gasteiger partial charge on any atom is 0.420 e. The highest BCUT2D eigenvalue weighted by Crippen LogP contribution is 2.40. The maximum absolute atomic E-state index is 13.5. The number of aromatic hydroxyl groups is 1. The van der Waals surface area contributed by atoms with E-state index in [2.05, 4.69) is 5.32 Å². The van der Waals surface area contributed by atoms with Gasteiger partial charge in [0.15, 0.2) is 0 Å². The quantitative estimate of drug-likeness (QED) is 0.593. The normalized spacial score (nSPS) is 11.0. The van der Waals surface area contributed by atoms with Crippen LogP contribution in [0.1, 0.15) is 15.9 Å². The average molecular weight is 403 g/mol. The number of nitrogens with one attached hydrogen (secondary N) is 1. The Morgan fingerprint density at radius 1 is 0.966 bits per heavy atom. The van der Waals surface area contributed by atoms with Gasteiger partial charge in [-0.2, -0.15) is 13.2 Å². The molecule has 0 aliphatic rings. The number of anilines is 1. The molecule has 2 N–H and O–H groups in total. The second-order valence-electron chi connectivity index (χ2n) is 5.99. The summed E-state index contributed by atoms with van der Waals surface area (Å²) in [7, 11) is 1.44. The second-order valence-corrected chi connectivity index (χ2v) is 5.99. The van der Waals surface area contributed by atoms with Crippen LogP contribution in [0.4, 0.5) is 18.9 Å². The standard InChI is InChI=1S/C21H16F3NO4/c1-28-17-4-2-3-13(11-17)20(27)25-14-5-10-19(18(12-14)21(22,23)24)29-16-8-6-15(26)7-9-16/h2-12,26H,1H3,(H,25,27). The molecule has 3 aromatic rings. The summed E-state index contributed by atoms with van der Waals surface area (Å²) in [6.07, 6.45) is -4.71. The summed E-state index contributed by atoms with van der Waals surface area (Å²) in [5.74, 6) is -0.469. The summed E-state index contributed by atoms with van der Waals surface area (Å²) in [5.41, 5.74) is -0.848. The van der Waals surface area contributed by atoms with Crippen LogP contribution in [0.15, 0.2) is 66.7 Å². The van der Waals surface area contributed by atoms with Crippen molar-refractivity contribution >= 4 is 11.6 Å². The summed E-state index contributed by atoms with van der Waals surface area (Å²) < 4.78 is 50.9. The topological polar surface area (TPSA) is 67.8 Å². The van der Waals surface area contributed by atoms with E-state index < -0.39 is 23.4 Å². The number of ether oxygens (including phenoxy) is 2. The zero-order valence-electron chi connectivity index (χ0n) is 15.2. The van der Waals surface area contributed by atoms with Crippen LogP contribution in [0.3, 0.4) is 0 Å². The highest BCUT2D eigenvalue weighted by molar-refractivity contribution is 6.04. The fourth-order valence-electron chi connectivity index (χ4n) is 2.53. The first-order chi connectivity index (χ1) is 13.8. The molecule has 5 nitrogen and oxygen atoms in total. The van der Waals surface area contributed by atoms with Crippen molar-refractivity contribution in [2.24, 2.45) is 0 Å². The molecule has 29 heavy (non-hydrogen) atoms. The molecular formula is C21H16F3NO4. The van der Waals surface area contributed by atoms with E-state index in [4.69, 9.17) is 9.47 Å². The van der Waals surface area contributed by atoms with Gasteiger partial charge in [-0.15, -0.1) is 0 Å². The number of benzene rings is 3. The predicted molar refractivity (Wildman–Crippen MR) is 101 cm³/mol. The Morgan fingerprint density at radius 2 is 1.69 bits per heavy atom. The minimum atomic E-state index is -4.71. The van der Waals surface area contributed by atoms with Crippen molar-refractivity contribution in [1.29, 1.82) is 0 Å². The first-order valence-electron chi connectivity index (χ1n) is 8.40. The van der Waals surface area contributed by atoms with Crippen LogP contribution in [-0.4, -0.2) is 18.1 Å². The molecule has 0 fully saturated rings. The average Bonchev–Trinajstić information content (AvgIpc) is 2.70. The largest absolute Gasteiger partial charge is 0.508 e. The SMILES string of the molecule is COc1cccc(C(=O)Nc2ccc(Oc3ccc(O)cc3)c(C(F)(F)F)c2)c1. The Bertz CT molecular complexity index is 1020. The number of methoxy groups -OCH3 is 1. The van der Waals surface area contributed by atoms with Crippen LogP contribution >= 0.6 is 0 Å². The van der Waals surface area contributed by atoms with Gasteiger partial charge in [0.05, 0.1) is 7.11 Å². The van der Waals surface area contributed by atoms with Gasteiger partial charge in [-0.25, -0.2) is 0 Å². The van der Waals surface area contributed by atoms with Crippen LogP contribution < -0.4 is 14.8 Å². The van der Waals surface area contributed by atoms with E-state index in [9.17, 15) is 23.1 Å². The molecule has 1 amide bonds. The number of phenols is 1. The minimum absolute atomic E-state index is 0.0380. The molecular weight excluding hydrogens is 387 g/mol. The molecule has 0 saturated carbocycles. The van der Waals surface area contributed by atoms with Gasteiger partial charge in [0.25, 0.3) is 5.91 Å². The van der Waals surface area contributed by atoms with Crippen molar-refractivity contribution in [2.75, 3.05) is 12.4 Å². The summed E-state index contributed by atoms with van der Waals surface area (Å²) in [6.45, 7) is 0. The fourth-order valence-corrected chi connectivity index (χ4v) is 2.53. The first-order valence-corrected chi connectivity index (χ1v) is 8.40. The number of hydrogen-bond donors (Lipinski definition) is 2. The molecule has 0 aliphatic carbocycles. The monoisotopic (exact) mass is 403 g/mol. The fraction of sp³-hybridized carbons (Fsp3) is 0.0952. The van der Waals surface area contributed by atoms with Gasteiger partial charge in [0, 0.05) is 11.3 Å². The number of carbonyl (C=O) groups excluding carboxylic acids is 1. The minimum Gasteiger partial charge on any atom is -0.508 e. The van der Waals surface area contributed by atoms with Crippen molar-refractivity contribution in [3.8, 4) is 23.0 Å². The zero-order valence-corrected chi connectivity index (χ0v) is 15.2. The van der Waals surface area contributed by atoms with Crippen LogP contribution in [0, 0.1) is 0 Å². The lowest BCUT2D eigenvalue weighted by molar-refractivity contribution is -0.138. The number of alkyl halides is 3. The van der Waals surface area contributed by atoms with Gasteiger partial charge in [-0.1, -0.05) is 6.07 Å². The molecule has 0 aliphatic heterocycles. The lowest BCUT2D eigenvalue weighted by Gasteiger charge is -2.16. The Morgan fingerprint density at radius 3 is 2.34 bits per heavy atom. The summed E-state index contributed by atoms with van der Waals surface area (Å²) in [4.78, 5) is 12.3. The number of hydrogen-bond acceptors (Lipinski definition) is 4. The second kappa shape index (κ2) is 8.14. The van der Waals surface area contributed by atoms with Crippen molar-refractivity contribution in [3.05, 3.63) is 77.9 Å². The third kappa shape index (κ3) is 4.98. The molecule has 0 bridgehead atoms. The molecule has 0 radical (unpaired) electrons. The Kier molecular flexibility index (Phi) is 5.63. The number of carbonyl (C=O) groups is 1. The lowest BCUT2D eigenvalue weighted by Crippen LogP contribution is -2.14. The van der Waals surface area contributed by atoms with E-state index in [1.165, 1.54) is 49.6 Å². The molecule has 0 unspecified atom stereocenters. The molecule has 150 valence electrons. The molecule has 3 rings (SSSR count). The lowest BCUT2D eigenvalue weighted by atomic mass is 10.1. The van der Waals surface area contributed by atoms with Gasteiger partial charge in [-0.3, -0.25) is 4.79 Å². The van der Waals surface area contributed by atoms with Crippen LogP contribution in [0.5, 0.6) is 23.0 Å². The van der Waals surface area contributed by atoms with Gasteiger partial charge < -0.3 is 19.9 Å². The molecule has 0 spiro atoms. The van der Waals surface area contributed by atoms with Gasteiger partial charge in [-0.05, 0) is 60.7 Å². The van der Waals surface area contributed by atoms with Gasteiger partial charge in [0.2, 0.25) is 0 Å². The summed E-state index contributed by atoms with van der Waals surface area (Å²) in [6, 6.07) is 14.7. The van der Waals surface area contributed by atoms with E-state index in [0.717, 1.165) is 12.1 Å². The molecule has 3 aromatic carbocycles. The number of amides is 1. The number of halogens is 3. The summed E-state index contributed by atoms with van der Waals surface area (Å²) >= 11 is 0. The third-order valence-corrected chi connectivity index (χ3v) is 3.94. The predicted octanol–water partition coefficient (Wildman–Crippen LogP) is 5.46. The van der Waals surface area contributed by atoms with E-state index >= 15 is 0 Å². The van der Waals surface area contributed by atoms with Gasteiger partial charge >= 0.3 is 6.18 Å². The zero-order chi connectivity index (χ0) is 21.0. The maximum atomic E-state index is 13.5. The van der Waals surface area contributed by atoms with E-state index in [-0.39, 0.29) is 22.7 Å². The van der Waals surface area contributed by atoms with E-state index in [1.807, 2.05) is 0 Å². The third-order valence-electron chi connectivity index (χ3n) is 3.94. The van der Waals surface area contributed by atoms with Crippen molar-refractivity contribution < 1.29 is 32.5 Å². The Balaban J connectivity index is 1.87. The van der Waals surface area contributed by atoms with E-state index in [1.54, 1.807) is 12.1 Å². The molecule has 0 saturated heterocycles. The molecule has 0 atom stereocenters. The molecule has 0 heterocycles. The highest BCUT2D eigenvalue weighted by Gasteiger charge is 2.35. The van der Waals surface area contributed by atoms with Crippen molar-refractivity contribution in [1.82, 2.24) is 0 Å². The highest BCUT2D eigenvalue weighted by atomic mass is 19.4. The Hall–Kier alpha value is -3.68. The van der Waals surface area contributed by atoms with Crippen molar-refractivity contribution in [3.63, 3.8) is 0 Å². The number of phenolic OH excluding ortho intramolecular Hbond substituents is 1. The van der Waals surface area contributed by atoms with Crippen LogP contribution in [0.2, 0.25) is 0 Å². The smallest absolute Gasteiger partial charge is 0.420 e. The van der Waals surface area contributed by atoms with Crippen LogP contribution in [0.25, 0.3) is 0 Å². The molecule has 8 heteroatoms. The summed E-state index contributed by atoms with van der Waals surface area (Å²) in [5, 5.41) is 11.7. The van der Waals surface area contributed by atoms with Crippen molar-refractivity contribution in [2.45, 2.75) is 6.18 Å². The molecule has 0 aromatic heterocycles. The first kappa shape index (κ1) is 20.1. The Labute approximate surface area is 164 Å². The van der Waals surface area contributed by atoms with Crippen LogP contribution in [-0.2, 0) is 6.18 Å². The van der Waals surface area contributed by atoms with Gasteiger partial charge in [0.1, 0.15) is 28.6 Å².